The summed E-state index contributed by atoms with van der Waals surface area (Å²) in [6.45, 7) is 3.46. The number of aromatic nitrogens is 3. The number of likely N-dealkylation sites (tertiary alicyclic amines) is 1. The lowest BCUT2D eigenvalue weighted by atomic mass is 10.0. The van der Waals surface area contributed by atoms with E-state index in [1.807, 2.05) is 13.1 Å². The Morgan fingerprint density at radius 1 is 1.56 bits per heavy atom. The quantitative estimate of drug-likeness (QED) is 0.867. The molecule has 3 rings (SSSR count). The number of amides is 1. The number of nitrogens with one attached hydrogen (secondary N) is 1. The molecule has 0 saturated carbocycles. The van der Waals surface area contributed by atoms with Crippen LogP contribution in [0.25, 0.3) is 0 Å². The largest absolute Gasteiger partial charge is 0.438 e. The lowest BCUT2D eigenvalue weighted by Crippen LogP contribution is -2.28. The molecule has 94 valence electrons. The molecule has 1 fully saturated rings. The minimum atomic E-state index is -0.0906. The molecule has 6 heteroatoms. The van der Waals surface area contributed by atoms with E-state index in [0.717, 1.165) is 24.2 Å². The Labute approximate surface area is 104 Å². The third kappa shape index (κ3) is 1.79. The molecule has 18 heavy (non-hydrogen) atoms. The summed E-state index contributed by atoms with van der Waals surface area (Å²) >= 11 is 0. The van der Waals surface area contributed by atoms with Crippen molar-refractivity contribution in [2.24, 2.45) is 0 Å². The van der Waals surface area contributed by atoms with Gasteiger partial charge in [-0.2, -0.15) is 5.10 Å². The van der Waals surface area contributed by atoms with Gasteiger partial charge in [0.05, 0.1) is 12.4 Å². The van der Waals surface area contributed by atoms with E-state index in [2.05, 4.69) is 15.2 Å². The zero-order chi connectivity index (χ0) is 12.5. The van der Waals surface area contributed by atoms with E-state index in [1.165, 1.54) is 12.6 Å². The van der Waals surface area contributed by atoms with E-state index in [1.54, 1.807) is 4.90 Å². The Bertz CT molecular complexity index is 546. The third-order valence-corrected chi connectivity index (χ3v) is 3.39. The number of aromatic amines is 1. The molecule has 1 amide bonds. The molecule has 1 aliphatic rings. The molecule has 6 nitrogen and oxygen atoms in total. The molecule has 1 N–H and O–H groups in total. The summed E-state index contributed by atoms with van der Waals surface area (Å²) in [7, 11) is 0. The molecule has 2 aromatic rings. The second-order valence-corrected chi connectivity index (χ2v) is 4.57. The summed E-state index contributed by atoms with van der Waals surface area (Å²) < 4.78 is 5.03. The van der Waals surface area contributed by atoms with Gasteiger partial charge in [-0.25, -0.2) is 4.98 Å². The van der Waals surface area contributed by atoms with Crippen LogP contribution >= 0.6 is 0 Å². The zero-order valence-electron chi connectivity index (χ0n) is 10.1. The van der Waals surface area contributed by atoms with Crippen molar-refractivity contribution in [3.63, 3.8) is 0 Å². The van der Waals surface area contributed by atoms with Gasteiger partial charge in [0.2, 0.25) is 5.76 Å². The number of aryl methyl sites for hydroxylation is 1. The Kier molecular flexibility index (Phi) is 2.62. The minimum Gasteiger partial charge on any atom is -0.438 e. The Morgan fingerprint density at radius 2 is 2.44 bits per heavy atom. The van der Waals surface area contributed by atoms with Crippen molar-refractivity contribution in [1.82, 2.24) is 20.1 Å². The number of hydrogen-bond donors (Lipinski definition) is 1. The molecule has 0 spiro atoms. The number of oxazole rings is 1. The maximum Gasteiger partial charge on any atom is 0.291 e. The van der Waals surface area contributed by atoms with Crippen molar-refractivity contribution < 1.29 is 9.21 Å². The van der Waals surface area contributed by atoms with Gasteiger partial charge in [-0.05, 0) is 18.9 Å². The van der Waals surface area contributed by atoms with Gasteiger partial charge in [-0.1, -0.05) is 0 Å². The maximum absolute atomic E-state index is 12.1. The Morgan fingerprint density at radius 3 is 3.11 bits per heavy atom. The van der Waals surface area contributed by atoms with Gasteiger partial charge in [0.15, 0.2) is 6.39 Å². The highest BCUT2D eigenvalue weighted by molar-refractivity contribution is 5.91. The Hall–Kier alpha value is -2.11. The molecule has 0 aromatic carbocycles. The van der Waals surface area contributed by atoms with Crippen LogP contribution in [0, 0.1) is 6.92 Å². The molecule has 2 aromatic heterocycles. The smallest absolute Gasteiger partial charge is 0.291 e. The van der Waals surface area contributed by atoms with Gasteiger partial charge >= 0.3 is 0 Å². The topological polar surface area (TPSA) is 75.0 Å². The van der Waals surface area contributed by atoms with Crippen LogP contribution < -0.4 is 0 Å². The van der Waals surface area contributed by atoms with E-state index in [-0.39, 0.29) is 5.91 Å². The minimum absolute atomic E-state index is 0.0906. The molecular weight excluding hydrogens is 232 g/mol. The number of carbonyl (C=O) groups excluding carboxylic acids is 1. The van der Waals surface area contributed by atoms with E-state index in [0.29, 0.717) is 18.2 Å². The monoisotopic (exact) mass is 246 g/mol. The first-order valence-corrected chi connectivity index (χ1v) is 5.93. The van der Waals surface area contributed by atoms with Crippen LogP contribution in [0.15, 0.2) is 23.2 Å². The van der Waals surface area contributed by atoms with Gasteiger partial charge < -0.3 is 9.32 Å². The van der Waals surface area contributed by atoms with Crippen LogP contribution in [0.2, 0.25) is 0 Å². The highest BCUT2D eigenvalue weighted by Crippen LogP contribution is 2.28. The molecule has 0 unspecified atom stereocenters. The highest BCUT2D eigenvalue weighted by atomic mass is 16.3. The Balaban J connectivity index is 1.73. The van der Waals surface area contributed by atoms with Crippen molar-refractivity contribution in [2.75, 3.05) is 13.1 Å². The van der Waals surface area contributed by atoms with Gasteiger partial charge in [-0.15, -0.1) is 0 Å². The van der Waals surface area contributed by atoms with E-state index >= 15 is 0 Å². The van der Waals surface area contributed by atoms with Crippen molar-refractivity contribution in [3.8, 4) is 0 Å². The van der Waals surface area contributed by atoms with Crippen LogP contribution in [0.3, 0.4) is 0 Å². The third-order valence-electron chi connectivity index (χ3n) is 3.39. The fourth-order valence-corrected chi connectivity index (χ4v) is 2.43. The molecule has 0 bridgehead atoms. The van der Waals surface area contributed by atoms with Crippen LogP contribution in [0.1, 0.15) is 34.2 Å². The molecule has 1 aliphatic heterocycles. The van der Waals surface area contributed by atoms with E-state index < -0.39 is 0 Å². The molecule has 1 saturated heterocycles. The average Bonchev–Trinajstić information content (AvgIpc) is 3.09. The predicted octanol–water partition coefficient (Wildman–Crippen LogP) is 1.34. The second kappa shape index (κ2) is 4.29. The van der Waals surface area contributed by atoms with E-state index in [4.69, 9.17) is 4.42 Å². The second-order valence-electron chi connectivity index (χ2n) is 4.57. The van der Waals surface area contributed by atoms with Crippen LogP contribution in [0.4, 0.5) is 0 Å². The number of H-pyrrole nitrogens is 1. The van der Waals surface area contributed by atoms with Gasteiger partial charge in [0.1, 0.15) is 0 Å². The summed E-state index contributed by atoms with van der Waals surface area (Å²) in [6, 6.07) is 0. The number of rotatable bonds is 2. The summed E-state index contributed by atoms with van der Waals surface area (Å²) in [4.78, 5) is 17.6. The van der Waals surface area contributed by atoms with Crippen LogP contribution in [0.5, 0.6) is 0 Å². The summed E-state index contributed by atoms with van der Waals surface area (Å²) in [6.07, 6.45) is 5.50. The van der Waals surface area contributed by atoms with E-state index in [9.17, 15) is 4.79 Å². The van der Waals surface area contributed by atoms with Gasteiger partial charge in [-0.3, -0.25) is 9.89 Å². The molecule has 0 aliphatic carbocycles. The molecule has 3 heterocycles. The normalized spacial score (nSPS) is 19.4. The first kappa shape index (κ1) is 11.0. The predicted molar refractivity (Wildman–Crippen MR) is 63.1 cm³/mol. The fourth-order valence-electron chi connectivity index (χ4n) is 2.43. The first-order chi connectivity index (χ1) is 8.75. The summed E-state index contributed by atoms with van der Waals surface area (Å²) in [5.41, 5.74) is 2.27. The molecular formula is C12H14N4O2. The van der Waals surface area contributed by atoms with Crippen molar-refractivity contribution in [2.45, 2.75) is 19.3 Å². The van der Waals surface area contributed by atoms with Crippen molar-refractivity contribution in [3.05, 3.63) is 35.8 Å². The maximum atomic E-state index is 12.1. The zero-order valence-corrected chi connectivity index (χ0v) is 10.1. The fraction of sp³-hybridized carbons (Fsp3) is 0.417. The number of nitrogens with zero attached hydrogens (tertiary/aromatic N) is 3. The van der Waals surface area contributed by atoms with Crippen molar-refractivity contribution in [1.29, 1.82) is 0 Å². The average molecular weight is 246 g/mol. The van der Waals surface area contributed by atoms with Crippen LogP contribution in [-0.4, -0.2) is 39.1 Å². The van der Waals surface area contributed by atoms with Gasteiger partial charge in [0.25, 0.3) is 5.91 Å². The van der Waals surface area contributed by atoms with Gasteiger partial charge in [0, 0.05) is 24.7 Å². The number of hydrogen-bond acceptors (Lipinski definition) is 4. The summed E-state index contributed by atoms with van der Waals surface area (Å²) in [5.74, 6) is 0.545. The molecule has 1 atom stereocenters. The highest BCUT2D eigenvalue weighted by Gasteiger charge is 2.30. The lowest BCUT2D eigenvalue weighted by Gasteiger charge is -2.14. The first-order valence-electron chi connectivity index (χ1n) is 5.93. The summed E-state index contributed by atoms with van der Waals surface area (Å²) in [5, 5.41) is 7.05. The van der Waals surface area contributed by atoms with Crippen LogP contribution in [-0.2, 0) is 0 Å². The lowest BCUT2D eigenvalue weighted by molar-refractivity contribution is 0.0759. The molecule has 0 radical (unpaired) electrons. The van der Waals surface area contributed by atoms with Crippen molar-refractivity contribution >= 4 is 5.91 Å². The standard InChI is InChI=1S/C12H14N4O2/c1-8-4-14-15-11(8)9-2-3-16(6-9)12(17)10-5-13-7-18-10/h4-5,7,9H,2-3,6H2,1H3,(H,14,15)/t9-/m1/s1. The SMILES string of the molecule is Cc1cn[nH]c1[C@@H]1CCN(C(=O)c2cnco2)C1. The number of carbonyl (C=O) groups is 1.